The van der Waals surface area contributed by atoms with Crippen molar-refractivity contribution in [2.45, 2.75) is 31.7 Å². The van der Waals surface area contributed by atoms with E-state index in [1.165, 1.54) is 38.8 Å². The Balaban J connectivity index is 1.67. The minimum Gasteiger partial charge on any atom is -0.383 e. The van der Waals surface area contributed by atoms with Crippen molar-refractivity contribution < 1.29 is 9.47 Å². The number of piperidine rings is 1. The van der Waals surface area contributed by atoms with E-state index in [1.807, 2.05) is 0 Å². The van der Waals surface area contributed by atoms with Gasteiger partial charge in [0.25, 0.3) is 0 Å². The maximum atomic E-state index is 5.46. The highest BCUT2D eigenvalue weighted by Crippen LogP contribution is 2.22. The molecule has 4 heteroatoms. The van der Waals surface area contributed by atoms with Gasteiger partial charge in [-0.25, -0.2) is 0 Å². The van der Waals surface area contributed by atoms with Gasteiger partial charge in [0.2, 0.25) is 0 Å². The maximum Gasteiger partial charge on any atom is 0.0587 e. The Hall–Kier alpha value is -0.160. The third-order valence-corrected chi connectivity index (χ3v) is 4.17. The zero-order chi connectivity index (χ0) is 12.6. The Kier molecular flexibility index (Phi) is 6.41. The van der Waals surface area contributed by atoms with Crippen LogP contribution in [-0.4, -0.2) is 64.1 Å². The van der Waals surface area contributed by atoms with Gasteiger partial charge in [-0.1, -0.05) is 0 Å². The summed E-state index contributed by atoms with van der Waals surface area (Å²) in [5.41, 5.74) is 0. The van der Waals surface area contributed by atoms with Crippen molar-refractivity contribution in [3.8, 4) is 0 Å². The van der Waals surface area contributed by atoms with Crippen LogP contribution in [0.2, 0.25) is 0 Å². The molecule has 0 bridgehead atoms. The van der Waals surface area contributed by atoms with Crippen LogP contribution in [0.5, 0.6) is 0 Å². The summed E-state index contributed by atoms with van der Waals surface area (Å²) >= 11 is 0. The zero-order valence-corrected chi connectivity index (χ0v) is 11.7. The molecule has 0 aromatic carbocycles. The monoisotopic (exact) mass is 256 g/mol. The number of likely N-dealkylation sites (tertiary alicyclic amines) is 1. The largest absolute Gasteiger partial charge is 0.383 e. The average Bonchev–Trinajstić information content (AvgIpc) is 2.45. The minimum atomic E-state index is 0.778. The minimum absolute atomic E-state index is 0.778. The molecule has 0 amide bonds. The normalized spacial score (nSPS) is 27.5. The second-order valence-electron chi connectivity index (χ2n) is 5.54. The van der Waals surface area contributed by atoms with Gasteiger partial charge in [0, 0.05) is 39.5 Å². The highest BCUT2D eigenvalue weighted by Gasteiger charge is 2.26. The summed E-state index contributed by atoms with van der Waals surface area (Å²) in [6.45, 7) is 7.41. The van der Waals surface area contributed by atoms with E-state index in [1.54, 1.807) is 7.11 Å². The van der Waals surface area contributed by atoms with Gasteiger partial charge < -0.3 is 14.8 Å². The van der Waals surface area contributed by atoms with Crippen LogP contribution >= 0.6 is 0 Å². The number of rotatable bonds is 6. The van der Waals surface area contributed by atoms with Crippen molar-refractivity contribution in [3.63, 3.8) is 0 Å². The summed E-state index contributed by atoms with van der Waals surface area (Å²) < 4.78 is 10.5. The Bertz CT molecular complexity index is 220. The van der Waals surface area contributed by atoms with Crippen molar-refractivity contribution in [2.75, 3.05) is 53.1 Å². The molecule has 2 fully saturated rings. The SMILES string of the molecule is COCCNCC1CCCN(C2CCOCC2)C1. The molecule has 0 saturated carbocycles. The summed E-state index contributed by atoms with van der Waals surface area (Å²) in [6, 6.07) is 0.778. The Morgan fingerprint density at radius 2 is 2.11 bits per heavy atom. The van der Waals surface area contributed by atoms with Gasteiger partial charge in [-0.2, -0.15) is 0 Å². The van der Waals surface area contributed by atoms with Crippen LogP contribution in [0.25, 0.3) is 0 Å². The van der Waals surface area contributed by atoms with Gasteiger partial charge in [-0.05, 0) is 44.7 Å². The van der Waals surface area contributed by atoms with Crippen molar-refractivity contribution in [1.29, 1.82) is 0 Å². The second kappa shape index (κ2) is 8.10. The van der Waals surface area contributed by atoms with Crippen LogP contribution in [-0.2, 0) is 9.47 Å². The van der Waals surface area contributed by atoms with E-state index in [0.717, 1.165) is 44.9 Å². The molecular formula is C14H28N2O2. The van der Waals surface area contributed by atoms with Gasteiger partial charge in [-0.3, -0.25) is 4.90 Å². The summed E-state index contributed by atoms with van der Waals surface area (Å²) in [5, 5.41) is 3.50. The van der Waals surface area contributed by atoms with Gasteiger partial charge in [0.1, 0.15) is 0 Å². The quantitative estimate of drug-likeness (QED) is 0.722. The van der Waals surface area contributed by atoms with Crippen LogP contribution in [0.1, 0.15) is 25.7 Å². The summed E-state index contributed by atoms with van der Waals surface area (Å²) in [4.78, 5) is 2.70. The molecule has 1 atom stereocenters. The van der Waals surface area contributed by atoms with Crippen molar-refractivity contribution in [1.82, 2.24) is 10.2 Å². The first-order valence-electron chi connectivity index (χ1n) is 7.41. The molecule has 0 spiro atoms. The molecule has 18 heavy (non-hydrogen) atoms. The van der Waals surface area contributed by atoms with Crippen LogP contribution in [0.4, 0.5) is 0 Å². The topological polar surface area (TPSA) is 33.7 Å². The number of hydrogen-bond acceptors (Lipinski definition) is 4. The molecule has 2 saturated heterocycles. The molecule has 1 N–H and O–H groups in total. The van der Waals surface area contributed by atoms with Crippen molar-refractivity contribution >= 4 is 0 Å². The highest BCUT2D eigenvalue weighted by atomic mass is 16.5. The smallest absolute Gasteiger partial charge is 0.0587 e. The molecule has 106 valence electrons. The summed E-state index contributed by atoms with van der Waals surface area (Å²) in [6.07, 6.45) is 5.18. The molecule has 2 heterocycles. The highest BCUT2D eigenvalue weighted by molar-refractivity contribution is 4.81. The second-order valence-corrected chi connectivity index (χ2v) is 5.54. The predicted molar refractivity (Wildman–Crippen MR) is 72.9 cm³/mol. The molecule has 0 aromatic heterocycles. The molecule has 0 aliphatic carbocycles. The first kappa shape index (κ1) is 14.3. The van der Waals surface area contributed by atoms with Crippen LogP contribution in [0, 0.1) is 5.92 Å². The standard InChI is InChI=1S/C14H28N2O2/c1-17-10-6-15-11-13-3-2-7-16(12-13)14-4-8-18-9-5-14/h13-15H,2-12H2,1H3. The number of nitrogens with one attached hydrogen (secondary N) is 1. The predicted octanol–water partition coefficient (Wildman–Crippen LogP) is 1.11. The number of hydrogen-bond donors (Lipinski definition) is 1. The average molecular weight is 256 g/mol. The summed E-state index contributed by atoms with van der Waals surface area (Å²) in [7, 11) is 1.76. The van der Waals surface area contributed by atoms with E-state index in [9.17, 15) is 0 Å². The lowest BCUT2D eigenvalue weighted by Gasteiger charge is -2.40. The zero-order valence-electron chi connectivity index (χ0n) is 11.7. The van der Waals surface area contributed by atoms with E-state index in [-0.39, 0.29) is 0 Å². The van der Waals surface area contributed by atoms with Gasteiger partial charge in [0.05, 0.1) is 6.61 Å². The lowest BCUT2D eigenvalue weighted by atomic mass is 9.95. The first-order chi connectivity index (χ1) is 8.90. The molecule has 0 radical (unpaired) electrons. The fourth-order valence-electron chi connectivity index (χ4n) is 3.13. The van der Waals surface area contributed by atoms with Gasteiger partial charge in [-0.15, -0.1) is 0 Å². The van der Waals surface area contributed by atoms with E-state index in [2.05, 4.69) is 10.2 Å². The third kappa shape index (κ3) is 4.50. The fourth-order valence-corrected chi connectivity index (χ4v) is 3.13. The number of methoxy groups -OCH3 is 1. The first-order valence-corrected chi connectivity index (χ1v) is 7.41. The molecule has 2 aliphatic heterocycles. The molecule has 2 rings (SSSR count). The van der Waals surface area contributed by atoms with E-state index in [0.29, 0.717) is 0 Å². The van der Waals surface area contributed by atoms with Crippen molar-refractivity contribution in [2.24, 2.45) is 5.92 Å². The van der Waals surface area contributed by atoms with E-state index >= 15 is 0 Å². The maximum absolute atomic E-state index is 5.46. The van der Waals surface area contributed by atoms with Crippen LogP contribution in [0.3, 0.4) is 0 Å². The fraction of sp³-hybridized carbons (Fsp3) is 1.00. The van der Waals surface area contributed by atoms with E-state index in [4.69, 9.17) is 9.47 Å². The van der Waals surface area contributed by atoms with Gasteiger partial charge >= 0.3 is 0 Å². The van der Waals surface area contributed by atoms with Crippen LogP contribution < -0.4 is 5.32 Å². The molecule has 2 aliphatic rings. The lowest BCUT2D eigenvalue weighted by molar-refractivity contribution is 0.0177. The molecule has 0 aromatic rings. The van der Waals surface area contributed by atoms with Gasteiger partial charge in [0.15, 0.2) is 0 Å². The number of ether oxygens (including phenoxy) is 2. The van der Waals surface area contributed by atoms with E-state index < -0.39 is 0 Å². The Morgan fingerprint density at radius 1 is 1.28 bits per heavy atom. The van der Waals surface area contributed by atoms with Crippen molar-refractivity contribution in [3.05, 3.63) is 0 Å². The lowest BCUT2D eigenvalue weighted by Crippen LogP contribution is -2.47. The Labute approximate surface area is 111 Å². The molecular weight excluding hydrogens is 228 g/mol. The number of nitrogens with zero attached hydrogens (tertiary/aromatic N) is 1. The Morgan fingerprint density at radius 3 is 2.89 bits per heavy atom. The summed E-state index contributed by atoms with van der Waals surface area (Å²) in [5.74, 6) is 0.818. The third-order valence-electron chi connectivity index (χ3n) is 4.17. The molecule has 4 nitrogen and oxygen atoms in total. The van der Waals surface area contributed by atoms with Crippen LogP contribution in [0.15, 0.2) is 0 Å². The molecule has 1 unspecified atom stereocenters.